The average molecular weight is 438 g/mol. The first-order valence-corrected chi connectivity index (χ1v) is 11.4. The van der Waals surface area contributed by atoms with Gasteiger partial charge in [0.2, 0.25) is 10.0 Å². The van der Waals surface area contributed by atoms with Crippen LogP contribution >= 0.6 is 0 Å². The minimum Gasteiger partial charge on any atom is -0.497 e. The summed E-state index contributed by atoms with van der Waals surface area (Å²) in [4.78, 5) is 14.6. The van der Waals surface area contributed by atoms with Gasteiger partial charge in [-0.2, -0.15) is 9.40 Å². The van der Waals surface area contributed by atoms with Gasteiger partial charge in [-0.15, -0.1) is 0 Å². The minimum absolute atomic E-state index is 0.259. The van der Waals surface area contributed by atoms with Crippen LogP contribution in [0, 0.1) is 0 Å². The number of aromatic nitrogens is 2. The first kappa shape index (κ1) is 22.1. The number of sulfonamides is 1. The van der Waals surface area contributed by atoms with Crippen molar-refractivity contribution in [3.63, 3.8) is 0 Å². The molecule has 0 unspecified atom stereocenters. The number of piperazine rings is 1. The first-order chi connectivity index (χ1) is 14.3. The van der Waals surface area contributed by atoms with E-state index in [2.05, 4.69) is 20.4 Å². The van der Waals surface area contributed by atoms with E-state index in [1.165, 1.54) is 10.6 Å². The molecule has 30 heavy (non-hydrogen) atoms. The van der Waals surface area contributed by atoms with E-state index < -0.39 is 10.0 Å². The maximum absolute atomic E-state index is 12.4. The molecule has 1 fully saturated rings. The van der Waals surface area contributed by atoms with Gasteiger partial charge in [-0.3, -0.25) is 14.8 Å². The Bertz CT molecular complexity index is 983. The first-order valence-electron chi connectivity index (χ1n) is 9.55. The number of rotatable bonds is 8. The molecule has 1 aliphatic rings. The van der Waals surface area contributed by atoms with Crippen LogP contribution in [0.2, 0.25) is 0 Å². The molecule has 1 aromatic carbocycles. The third kappa shape index (κ3) is 5.29. The Morgan fingerprint density at radius 3 is 2.53 bits per heavy atom. The number of carbonyl (C=O) groups excluding carboxylic acids is 1. The van der Waals surface area contributed by atoms with Crippen LogP contribution in [-0.4, -0.2) is 93.5 Å². The Morgan fingerprint density at radius 1 is 1.17 bits per heavy atom. The molecule has 0 atom stereocenters. The molecule has 10 nitrogen and oxygen atoms in total. The second kappa shape index (κ2) is 9.45. The van der Waals surface area contributed by atoms with E-state index in [-0.39, 0.29) is 5.91 Å². The molecule has 0 saturated carbocycles. The highest BCUT2D eigenvalue weighted by Gasteiger charge is 2.23. The zero-order chi connectivity index (χ0) is 21.7. The number of carbonyl (C=O) groups is 1. The highest BCUT2D eigenvalue weighted by Crippen LogP contribution is 2.32. The van der Waals surface area contributed by atoms with Crippen molar-refractivity contribution >= 4 is 15.9 Å². The summed E-state index contributed by atoms with van der Waals surface area (Å²) in [5.74, 6) is 1.03. The summed E-state index contributed by atoms with van der Waals surface area (Å²) in [6.45, 7) is 3.33. The van der Waals surface area contributed by atoms with Crippen molar-refractivity contribution in [2.45, 2.75) is 0 Å². The van der Waals surface area contributed by atoms with Crippen molar-refractivity contribution in [2.75, 3.05) is 59.7 Å². The van der Waals surface area contributed by atoms with Crippen LogP contribution in [0.15, 0.2) is 24.3 Å². The van der Waals surface area contributed by atoms with E-state index in [1.807, 2.05) is 0 Å². The molecule has 0 spiro atoms. The monoisotopic (exact) mass is 437 g/mol. The molecule has 1 aliphatic heterocycles. The van der Waals surface area contributed by atoms with Gasteiger partial charge in [0.1, 0.15) is 17.2 Å². The fourth-order valence-electron chi connectivity index (χ4n) is 3.30. The zero-order valence-corrected chi connectivity index (χ0v) is 18.2. The predicted octanol–water partition coefficient (Wildman–Crippen LogP) is 0.401. The number of hydrogen-bond donors (Lipinski definition) is 2. The molecule has 11 heteroatoms. The number of benzene rings is 1. The van der Waals surface area contributed by atoms with Gasteiger partial charge in [-0.1, -0.05) is 0 Å². The molecule has 1 amide bonds. The number of methoxy groups -OCH3 is 2. The lowest BCUT2D eigenvalue weighted by atomic mass is 10.1. The summed E-state index contributed by atoms with van der Waals surface area (Å²) in [6.07, 6.45) is 1.22. The van der Waals surface area contributed by atoms with Crippen molar-refractivity contribution in [1.29, 1.82) is 0 Å². The number of ether oxygens (including phenoxy) is 2. The van der Waals surface area contributed by atoms with Gasteiger partial charge in [-0.05, 0) is 24.3 Å². The Hall–Kier alpha value is -2.63. The second-order valence-corrected chi connectivity index (χ2v) is 8.98. The lowest BCUT2D eigenvalue weighted by Gasteiger charge is -2.33. The number of hydrogen-bond acceptors (Lipinski definition) is 7. The standard InChI is InChI=1S/C19H27N5O5S/c1-28-14-4-5-18(29-2)15(12-14)16-13-17(22-21-16)19(25)20-6-7-23-8-10-24(11-9-23)30(3,26)27/h4-5,12-13H,6-11H2,1-3H3,(H,20,25)(H,21,22). The summed E-state index contributed by atoms with van der Waals surface area (Å²) in [5, 5.41) is 9.85. The fraction of sp³-hybridized carbons (Fsp3) is 0.474. The zero-order valence-electron chi connectivity index (χ0n) is 17.3. The van der Waals surface area contributed by atoms with Crippen molar-refractivity contribution in [3.8, 4) is 22.8 Å². The molecule has 2 heterocycles. The summed E-state index contributed by atoms with van der Waals surface area (Å²) in [5.41, 5.74) is 1.64. The summed E-state index contributed by atoms with van der Waals surface area (Å²) in [7, 11) is 0.00975. The Kier molecular flexibility index (Phi) is 6.95. The van der Waals surface area contributed by atoms with Crippen molar-refractivity contribution < 1.29 is 22.7 Å². The van der Waals surface area contributed by atoms with Gasteiger partial charge in [0.25, 0.3) is 5.91 Å². The van der Waals surface area contributed by atoms with E-state index in [0.29, 0.717) is 62.2 Å². The number of nitrogens with zero attached hydrogens (tertiary/aromatic N) is 3. The lowest BCUT2D eigenvalue weighted by Crippen LogP contribution is -2.49. The molecule has 2 N–H and O–H groups in total. The summed E-state index contributed by atoms with van der Waals surface area (Å²) >= 11 is 0. The number of aromatic amines is 1. The number of H-pyrrole nitrogens is 1. The molecule has 1 aromatic heterocycles. The molecule has 0 radical (unpaired) electrons. The van der Waals surface area contributed by atoms with Crippen LogP contribution < -0.4 is 14.8 Å². The third-order valence-corrected chi connectivity index (χ3v) is 6.32. The molecule has 1 saturated heterocycles. The van der Waals surface area contributed by atoms with Gasteiger partial charge in [-0.25, -0.2) is 8.42 Å². The maximum Gasteiger partial charge on any atom is 0.269 e. The third-order valence-electron chi connectivity index (χ3n) is 5.02. The number of amides is 1. The summed E-state index contributed by atoms with van der Waals surface area (Å²) in [6, 6.07) is 7.04. The highest BCUT2D eigenvalue weighted by molar-refractivity contribution is 7.88. The van der Waals surface area contributed by atoms with Gasteiger partial charge < -0.3 is 14.8 Å². The van der Waals surface area contributed by atoms with E-state index >= 15 is 0 Å². The number of nitrogens with one attached hydrogen (secondary N) is 2. The highest BCUT2D eigenvalue weighted by atomic mass is 32.2. The Balaban J connectivity index is 1.54. The molecule has 3 rings (SSSR count). The van der Waals surface area contributed by atoms with Crippen LogP contribution in [0.25, 0.3) is 11.3 Å². The van der Waals surface area contributed by atoms with Gasteiger partial charge >= 0.3 is 0 Å². The largest absolute Gasteiger partial charge is 0.497 e. The smallest absolute Gasteiger partial charge is 0.269 e. The van der Waals surface area contributed by atoms with Gasteiger partial charge in [0, 0.05) is 44.8 Å². The SMILES string of the molecule is COc1ccc(OC)c(-c2cc(C(=O)NCCN3CCN(S(C)(=O)=O)CC3)[nH]n2)c1. The van der Waals surface area contributed by atoms with Crippen molar-refractivity contribution in [2.24, 2.45) is 0 Å². The van der Waals surface area contributed by atoms with E-state index in [9.17, 15) is 13.2 Å². The van der Waals surface area contributed by atoms with E-state index in [1.54, 1.807) is 38.5 Å². The molecule has 2 aromatic rings. The van der Waals surface area contributed by atoms with Crippen LogP contribution in [0.3, 0.4) is 0 Å². The normalized spacial score (nSPS) is 15.7. The predicted molar refractivity (Wildman–Crippen MR) is 112 cm³/mol. The second-order valence-electron chi connectivity index (χ2n) is 6.99. The molecule has 164 valence electrons. The molecule has 0 bridgehead atoms. The van der Waals surface area contributed by atoms with Crippen LogP contribution in [0.4, 0.5) is 0 Å². The van der Waals surface area contributed by atoms with Crippen LogP contribution in [0.5, 0.6) is 11.5 Å². The van der Waals surface area contributed by atoms with Crippen molar-refractivity contribution in [3.05, 3.63) is 30.0 Å². The fourth-order valence-corrected chi connectivity index (χ4v) is 4.12. The topological polar surface area (TPSA) is 117 Å². The quantitative estimate of drug-likeness (QED) is 0.614. The Labute approximate surface area is 176 Å². The van der Waals surface area contributed by atoms with E-state index in [4.69, 9.17) is 9.47 Å². The van der Waals surface area contributed by atoms with E-state index in [0.717, 1.165) is 5.56 Å². The molecular formula is C19H27N5O5S. The van der Waals surface area contributed by atoms with Crippen LogP contribution in [-0.2, 0) is 10.0 Å². The minimum atomic E-state index is -3.14. The van der Waals surface area contributed by atoms with Gasteiger partial charge in [0.05, 0.1) is 26.2 Å². The molecular weight excluding hydrogens is 410 g/mol. The maximum atomic E-state index is 12.4. The van der Waals surface area contributed by atoms with Crippen molar-refractivity contribution in [1.82, 2.24) is 24.7 Å². The van der Waals surface area contributed by atoms with Gasteiger partial charge in [0.15, 0.2) is 0 Å². The summed E-state index contributed by atoms with van der Waals surface area (Å²) < 4.78 is 35.2. The lowest BCUT2D eigenvalue weighted by molar-refractivity contribution is 0.0940. The van der Waals surface area contributed by atoms with Crippen LogP contribution in [0.1, 0.15) is 10.5 Å². The Morgan fingerprint density at radius 2 is 1.90 bits per heavy atom. The average Bonchev–Trinajstić information content (AvgIpc) is 3.23. The molecule has 0 aliphatic carbocycles.